The first-order chi connectivity index (χ1) is 16.7. The molecule has 0 spiro atoms. The molecule has 198 valence electrons. The maximum Gasteiger partial charge on any atom is 0.469 e. The standard InChI is InChI=1S/C21H36N5O7PS/c1-2-3-4-5-6-7-8-9-10-11-35-21-24-18(22)15-19(25-21)26(13-23-15)20-17(28)16(27)14(33-20)12-32-34(29,30)31/h13-14,16-17,20,27-28H,2-12H2,1H3,(H2,22,24,25)(H2,29,30,31)/t14-,16-,17-,20-/m1/s1. The van der Waals surface area contributed by atoms with Crippen LogP contribution in [-0.2, 0) is 13.8 Å². The second-order valence-electron chi connectivity index (χ2n) is 8.72. The number of hydrogen-bond donors (Lipinski definition) is 5. The molecule has 0 unspecified atom stereocenters. The molecule has 0 aromatic carbocycles. The molecule has 35 heavy (non-hydrogen) atoms. The Balaban J connectivity index is 1.56. The summed E-state index contributed by atoms with van der Waals surface area (Å²) in [6.07, 6.45) is 7.49. The Morgan fingerprint density at radius 2 is 1.74 bits per heavy atom. The van der Waals surface area contributed by atoms with E-state index in [0.717, 1.165) is 18.6 Å². The van der Waals surface area contributed by atoms with E-state index >= 15 is 0 Å². The lowest BCUT2D eigenvalue weighted by Crippen LogP contribution is -2.33. The minimum absolute atomic E-state index is 0.192. The van der Waals surface area contributed by atoms with Crippen LogP contribution in [0.25, 0.3) is 11.2 Å². The average molecular weight is 534 g/mol. The number of aromatic nitrogens is 4. The van der Waals surface area contributed by atoms with Crippen LogP contribution < -0.4 is 5.73 Å². The molecule has 0 saturated carbocycles. The highest BCUT2D eigenvalue weighted by molar-refractivity contribution is 7.99. The number of thioether (sulfide) groups is 1. The quantitative estimate of drug-likeness (QED) is 0.0976. The molecule has 2 aromatic heterocycles. The molecule has 14 heteroatoms. The molecule has 0 aliphatic carbocycles. The first-order valence-electron chi connectivity index (χ1n) is 12.1. The van der Waals surface area contributed by atoms with Gasteiger partial charge in [0.15, 0.2) is 22.8 Å². The van der Waals surface area contributed by atoms with Gasteiger partial charge in [-0.1, -0.05) is 70.1 Å². The van der Waals surface area contributed by atoms with Gasteiger partial charge in [-0.05, 0) is 6.42 Å². The van der Waals surface area contributed by atoms with E-state index in [1.807, 2.05) is 0 Å². The second kappa shape index (κ2) is 13.3. The molecule has 1 aliphatic heterocycles. The molecule has 12 nitrogen and oxygen atoms in total. The van der Waals surface area contributed by atoms with E-state index in [-0.39, 0.29) is 5.82 Å². The lowest BCUT2D eigenvalue weighted by atomic mass is 10.1. The van der Waals surface area contributed by atoms with E-state index in [9.17, 15) is 14.8 Å². The van der Waals surface area contributed by atoms with Crippen LogP contribution in [0.2, 0.25) is 0 Å². The number of aliphatic hydroxyl groups is 2. The predicted molar refractivity (Wildman–Crippen MR) is 132 cm³/mol. The maximum atomic E-state index is 11.0. The number of rotatable bonds is 15. The van der Waals surface area contributed by atoms with E-state index in [0.29, 0.717) is 16.3 Å². The Bertz CT molecular complexity index is 990. The van der Waals surface area contributed by atoms with Crippen LogP contribution in [0.15, 0.2) is 11.5 Å². The van der Waals surface area contributed by atoms with Crippen molar-refractivity contribution in [2.75, 3.05) is 18.1 Å². The zero-order chi connectivity index (χ0) is 25.4. The van der Waals surface area contributed by atoms with E-state index in [2.05, 4.69) is 26.4 Å². The number of phosphoric ester groups is 1. The Kier molecular flexibility index (Phi) is 10.7. The van der Waals surface area contributed by atoms with Crippen molar-refractivity contribution in [1.82, 2.24) is 19.5 Å². The third kappa shape index (κ3) is 8.09. The topological polar surface area (TPSA) is 186 Å². The van der Waals surface area contributed by atoms with Gasteiger partial charge in [-0.15, -0.1) is 0 Å². The average Bonchev–Trinajstić information content (AvgIpc) is 3.34. The summed E-state index contributed by atoms with van der Waals surface area (Å²) < 4.78 is 22.4. The van der Waals surface area contributed by atoms with Crippen molar-refractivity contribution < 1.29 is 33.8 Å². The number of nitrogen functional groups attached to an aromatic ring is 1. The number of aliphatic hydroxyl groups excluding tert-OH is 2. The van der Waals surface area contributed by atoms with Gasteiger partial charge in [-0.25, -0.2) is 19.5 Å². The monoisotopic (exact) mass is 533 g/mol. The van der Waals surface area contributed by atoms with Crippen LogP contribution in [0.4, 0.5) is 5.82 Å². The Labute approximate surface area is 208 Å². The van der Waals surface area contributed by atoms with Crippen molar-refractivity contribution in [3.8, 4) is 0 Å². The molecule has 0 bridgehead atoms. The van der Waals surface area contributed by atoms with Gasteiger partial charge in [0, 0.05) is 5.75 Å². The zero-order valence-corrected chi connectivity index (χ0v) is 21.6. The van der Waals surface area contributed by atoms with Gasteiger partial charge in [-0.2, -0.15) is 0 Å². The minimum Gasteiger partial charge on any atom is -0.387 e. The zero-order valence-electron chi connectivity index (χ0n) is 19.9. The van der Waals surface area contributed by atoms with E-state index < -0.39 is 39.0 Å². The number of hydrogen-bond acceptors (Lipinski definition) is 10. The molecule has 4 atom stereocenters. The van der Waals surface area contributed by atoms with E-state index in [1.54, 1.807) is 0 Å². The van der Waals surface area contributed by atoms with Crippen LogP contribution in [0.5, 0.6) is 0 Å². The van der Waals surface area contributed by atoms with Crippen molar-refractivity contribution in [3.05, 3.63) is 6.33 Å². The molecular formula is C21H36N5O7PS. The molecule has 1 fully saturated rings. The summed E-state index contributed by atoms with van der Waals surface area (Å²) in [7, 11) is -4.75. The fraction of sp³-hybridized carbons (Fsp3) is 0.762. The molecular weight excluding hydrogens is 497 g/mol. The third-order valence-corrected chi connectivity index (χ3v) is 7.34. The maximum absolute atomic E-state index is 11.0. The fourth-order valence-corrected chi connectivity index (χ4v) is 5.20. The Morgan fingerprint density at radius 1 is 1.09 bits per heavy atom. The molecule has 3 heterocycles. The van der Waals surface area contributed by atoms with Crippen LogP contribution in [0.1, 0.15) is 70.9 Å². The normalized spacial score (nSPS) is 22.9. The van der Waals surface area contributed by atoms with Crippen molar-refractivity contribution in [1.29, 1.82) is 0 Å². The predicted octanol–water partition coefficient (Wildman–Crippen LogP) is 2.76. The molecule has 1 aliphatic rings. The van der Waals surface area contributed by atoms with E-state index in [4.69, 9.17) is 20.3 Å². The van der Waals surface area contributed by atoms with Gasteiger partial charge in [0.05, 0.1) is 12.9 Å². The summed E-state index contributed by atoms with van der Waals surface area (Å²) in [5.74, 6) is 1.04. The number of fused-ring (bicyclic) bond motifs is 1. The molecule has 2 aromatic rings. The van der Waals surface area contributed by atoms with Gasteiger partial charge in [0.1, 0.15) is 23.8 Å². The number of imidazole rings is 1. The highest BCUT2D eigenvalue weighted by atomic mass is 32.2. The van der Waals surface area contributed by atoms with Crippen molar-refractivity contribution in [2.45, 2.75) is 94.4 Å². The SMILES string of the molecule is CCCCCCCCCCCSc1nc(N)c2ncn([C@@H]3O[C@H](COP(=O)(O)O)[C@@H](O)[C@H]3O)c2n1. The number of anilines is 1. The Hall–Kier alpha value is -1.31. The number of nitrogens with zero attached hydrogens (tertiary/aromatic N) is 4. The summed E-state index contributed by atoms with van der Waals surface area (Å²) in [6.45, 7) is 1.63. The molecule has 0 radical (unpaired) electrons. The highest BCUT2D eigenvalue weighted by Crippen LogP contribution is 2.39. The smallest absolute Gasteiger partial charge is 0.387 e. The largest absolute Gasteiger partial charge is 0.469 e. The van der Waals surface area contributed by atoms with Gasteiger partial charge in [0.25, 0.3) is 0 Å². The van der Waals surface area contributed by atoms with Gasteiger partial charge in [-0.3, -0.25) is 9.09 Å². The summed E-state index contributed by atoms with van der Waals surface area (Å²) in [4.78, 5) is 30.8. The number of nitrogens with two attached hydrogens (primary N) is 1. The fourth-order valence-electron chi connectivity index (χ4n) is 4.01. The van der Waals surface area contributed by atoms with Crippen LogP contribution >= 0.6 is 19.6 Å². The number of unbranched alkanes of at least 4 members (excludes halogenated alkanes) is 8. The van der Waals surface area contributed by atoms with Crippen molar-refractivity contribution >= 4 is 36.6 Å². The summed E-state index contributed by atoms with van der Waals surface area (Å²) in [6, 6.07) is 0. The second-order valence-corrected chi connectivity index (χ2v) is 11.0. The number of phosphoric acid groups is 1. The van der Waals surface area contributed by atoms with Crippen LogP contribution in [0, 0.1) is 0 Å². The molecule has 3 rings (SSSR count). The van der Waals surface area contributed by atoms with Gasteiger partial charge in [0.2, 0.25) is 0 Å². The van der Waals surface area contributed by atoms with Crippen LogP contribution in [-0.4, -0.2) is 70.2 Å². The summed E-state index contributed by atoms with van der Waals surface area (Å²) in [5.41, 5.74) is 6.74. The molecule has 1 saturated heterocycles. The van der Waals surface area contributed by atoms with Gasteiger partial charge >= 0.3 is 7.82 Å². The first-order valence-corrected chi connectivity index (χ1v) is 14.6. The molecule has 0 amide bonds. The minimum atomic E-state index is -4.75. The third-order valence-electron chi connectivity index (χ3n) is 5.93. The van der Waals surface area contributed by atoms with Crippen molar-refractivity contribution in [2.24, 2.45) is 0 Å². The lowest BCUT2D eigenvalue weighted by molar-refractivity contribution is -0.0504. The van der Waals surface area contributed by atoms with Crippen LogP contribution in [0.3, 0.4) is 0 Å². The number of ether oxygens (including phenoxy) is 1. The highest BCUT2D eigenvalue weighted by Gasteiger charge is 2.45. The summed E-state index contributed by atoms with van der Waals surface area (Å²) in [5, 5.41) is 21.2. The summed E-state index contributed by atoms with van der Waals surface area (Å²) >= 11 is 1.49. The lowest BCUT2D eigenvalue weighted by Gasteiger charge is -2.17. The van der Waals surface area contributed by atoms with Crippen molar-refractivity contribution in [3.63, 3.8) is 0 Å². The first kappa shape index (κ1) is 28.3. The molecule has 6 N–H and O–H groups in total. The van der Waals surface area contributed by atoms with E-state index in [1.165, 1.54) is 67.6 Å². The van der Waals surface area contributed by atoms with Gasteiger partial charge < -0.3 is 30.5 Å². The Morgan fingerprint density at radius 3 is 2.40 bits per heavy atom.